The Morgan fingerprint density at radius 2 is 2.20 bits per heavy atom. The van der Waals surface area contributed by atoms with Crippen molar-refractivity contribution in [2.75, 3.05) is 13.2 Å². The molecule has 0 aromatic heterocycles. The molecule has 110 valence electrons. The minimum atomic E-state index is -0.302. The summed E-state index contributed by atoms with van der Waals surface area (Å²) in [5.41, 5.74) is 6.26. The lowest BCUT2D eigenvalue weighted by atomic mass is 9.95. The molecule has 1 amide bonds. The average molecular weight is 278 g/mol. The van der Waals surface area contributed by atoms with Crippen molar-refractivity contribution < 1.29 is 14.3 Å². The van der Waals surface area contributed by atoms with Crippen LogP contribution in [0.5, 0.6) is 5.75 Å². The minimum absolute atomic E-state index is 0.00425. The number of nitrogens with two attached hydrogens (primary N) is 1. The van der Waals surface area contributed by atoms with Gasteiger partial charge in [0.15, 0.2) is 6.61 Å². The number of ether oxygens (including phenoxy) is 2. The second kappa shape index (κ2) is 6.24. The molecule has 0 spiro atoms. The molecule has 1 heterocycles. The van der Waals surface area contributed by atoms with Crippen molar-refractivity contribution in [2.24, 2.45) is 5.73 Å². The van der Waals surface area contributed by atoms with Crippen molar-refractivity contribution >= 4 is 5.91 Å². The SMILES string of the molecule is CC1OCCC1(C)NC(=O)COc1ccc(CN)cc1. The van der Waals surface area contributed by atoms with Crippen LogP contribution in [0, 0.1) is 0 Å². The lowest BCUT2D eigenvalue weighted by Gasteiger charge is -2.28. The van der Waals surface area contributed by atoms with Crippen molar-refractivity contribution in [1.29, 1.82) is 0 Å². The summed E-state index contributed by atoms with van der Waals surface area (Å²) < 4.78 is 11.0. The Labute approximate surface area is 119 Å². The Morgan fingerprint density at radius 3 is 2.75 bits per heavy atom. The first kappa shape index (κ1) is 14.8. The smallest absolute Gasteiger partial charge is 0.258 e. The summed E-state index contributed by atoms with van der Waals surface area (Å²) in [6, 6.07) is 7.42. The highest BCUT2D eigenvalue weighted by atomic mass is 16.5. The van der Waals surface area contributed by atoms with E-state index in [2.05, 4.69) is 5.32 Å². The van der Waals surface area contributed by atoms with Gasteiger partial charge in [0.05, 0.1) is 11.6 Å². The molecule has 0 saturated carbocycles. The topological polar surface area (TPSA) is 73.6 Å². The minimum Gasteiger partial charge on any atom is -0.484 e. The Morgan fingerprint density at radius 1 is 1.50 bits per heavy atom. The highest BCUT2D eigenvalue weighted by Gasteiger charge is 2.38. The van der Waals surface area contributed by atoms with Crippen LogP contribution in [0.3, 0.4) is 0 Å². The summed E-state index contributed by atoms with van der Waals surface area (Å²) in [5, 5.41) is 2.99. The van der Waals surface area contributed by atoms with Crippen LogP contribution >= 0.6 is 0 Å². The van der Waals surface area contributed by atoms with Gasteiger partial charge in [-0.15, -0.1) is 0 Å². The molecular weight excluding hydrogens is 256 g/mol. The van der Waals surface area contributed by atoms with Crippen LogP contribution in [-0.4, -0.2) is 30.8 Å². The molecule has 2 rings (SSSR count). The van der Waals surface area contributed by atoms with E-state index in [1.54, 1.807) is 0 Å². The van der Waals surface area contributed by atoms with Gasteiger partial charge in [0.2, 0.25) is 0 Å². The van der Waals surface area contributed by atoms with Crippen molar-refractivity contribution in [1.82, 2.24) is 5.32 Å². The normalized spacial score (nSPS) is 25.4. The van der Waals surface area contributed by atoms with Gasteiger partial charge in [-0.05, 0) is 38.0 Å². The van der Waals surface area contributed by atoms with E-state index in [-0.39, 0.29) is 24.2 Å². The van der Waals surface area contributed by atoms with Crippen LogP contribution in [0.15, 0.2) is 24.3 Å². The molecule has 3 N–H and O–H groups in total. The molecule has 2 atom stereocenters. The fraction of sp³-hybridized carbons (Fsp3) is 0.533. The van der Waals surface area contributed by atoms with Crippen molar-refractivity contribution in [2.45, 2.75) is 38.5 Å². The highest BCUT2D eigenvalue weighted by Crippen LogP contribution is 2.24. The predicted octanol–water partition coefficient (Wildman–Crippen LogP) is 1.21. The molecular formula is C15H22N2O3. The fourth-order valence-corrected chi connectivity index (χ4v) is 2.22. The summed E-state index contributed by atoms with van der Waals surface area (Å²) in [6.45, 7) is 5.15. The second-order valence-electron chi connectivity index (χ2n) is 5.37. The first-order valence-electron chi connectivity index (χ1n) is 6.88. The lowest BCUT2D eigenvalue weighted by Crippen LogP contribution is -2.52. The molecule has 1 aliphatic rings. The number of amides is 1. The molecule has 0 bridgehead atoms. The van der Waals surface area contributed by atoms with Crippen LogP contribution in [0.1, 0.15) is 25.8 Å². The van der Waals surface area contributed by atoms with E-state index in [1.807, 2.05) is 38.1 Å². The molecule has 5 heteroatoms. The number of carbonyl (C=O) groups is 1. The first-order valence-corrected chi connectivity index (χ1v) is 6.88. The number of rotatable bonds is 5. The number of hydrogen-bond acceptors (Lipinski definition) is 4. The summed E-state index contributed by atoms with van der Waals surface area (Å²) in [7, 11) is 0. The Bertz CT molecular complexity index is 461. The Hall–Kier alpha value is -1.59. The van der Waals surface area contributed by atoms with Gasteiger partial charge >= 0.3 is 0 Å². The molecule has 1 saturated heterocycles. The van der Waals surface area contributed by atoms with Gasteiger partial charge in [0, 0.05) is 13.2 Å². The zero-order valence-electron chi connectivity index (χ0n) is 12.0. The van der Waals surface area contributed by atoms with Gasteiger partial charge in [0.25, 0.3) is 5.91 Å². The largest absolute Gasteiger partial charge is 0.484 e. The highest BCUT2D eigenvalue weighted by molar-refractivity contribution is 5.78. The maximum Gasteiger partial charge on any atom is 0.258 e. The third kappa shape index (κ3) is 3.49. The van der Waals surface area contributed by atoms with E-state index in [0.717, 1.165) is 12.0 Å². The molecule has 1 aromatic carbocycles. The van der Waals surface area contributed by atoms with Crippen LogP contribution in [-0.2, 0) is 16.1 Å². The number of benzene rings is 1. The van der Waals surface area contributed by atoms with Gasteiger partial charge < -0.3 is 20.5 Å². The monoisotopic (exact) mass is 278 g/mol. The van der Waals surface area contributed by atoms with E-state index in [9.17, 15) is 4.79 Å². The van der Waals surface area contributed by atoms with Gasteiger partial charge in [0.1, 0.15) is 5.75 Å². The number of carbonyl (C=O) groups excluding carboxylic acids is 1. The van der Waals surface area contributed by atoms with E-state index < -0.39 is 0 Å². The standard InChI is InChI=1S/C15H22N2O3/c1-11-15(2,7-8-19-11)17-14(18)10-20-13-5-3-12(9-16)4-6-13/h3-6,11H,7-10,16H2,1-2H3,(H,17,18). The van der Waals surface area contributed by atoms with Gasteiger partial charge in [-0.25, -0.2) is 0 Å². The van der Waals surface area contributed by atoms with E-state index in [1.165, 1.54) is 0 Å². The van der Waals surface area contributed by atoms with Crippen molar-refractivity contribution in [3.05, 3.63) is 29.8 Å². The molecule has 1 fully saturated rings. The summed E-state index contributed by atoms with van der Waals surface area (Å²) in [5.74, 6) is 0.533. The first-order chi connectivity index (χ1) is 9.53. The Balaban J connectivity index is 1.82. The predicted molar refractivity (Wildman–Crippen MR) is 76.4 cm³/mol. The summed E-state index contributed by atoms with van der Waals surface area (Å²) >= 11 is 0. The molecule has 0 aliphatic carbocycles. The van der Waals surface area contributed by atoms with Gasteiger partial charge in [-0.1, -0.05) is 12.1 Å². The van der Waals surface area contributed by atoms with Gasteiger partial charge in [-0.3, -0.25) is 4.79 Å². The van der Waals surface area contributed by atoms with Crippen LogP contribution in [0.2, 0.25) is 0 Å². The zero-order valence-corrected chi connectivity index (χ0v) is 12.0. The molecule has 0 radical (unpaired) electrons. The van der Waals surface area contributed by atoms with E-state index >= 15 is 0 Å². The second-order valence-corrected chi connectivity index (χ2v) is 5.37. The molecule has 1 aromatic rings. The zero-order chi connectivity index (χ0) is 14.6. The van der Waals surface area contributed by atoms with Crippen molar-refractivity contribution in [3.8, 4) is 5.75 Å². The lowest BCUT2D eigenvalue weighted by molar-refractivity contribution is -0.125. The molecule has 1 aliphatic heterocycles. The molecule has 5 nitrogen and oxygen atoms in total. The van der Waals surface area contributed by atoms with Gasteiger partial charge in [-0.2, -0.15) is 0 Å². The van der Waals surface area contributed by atoms with Crippen LogP contribution < -0.4 is 15.8 Å². The van der Waals surface area contributed by atoms with Crippen LogP contribution in [0.25, 0.3) is 0 Å². The number of hydrogen-bond donors (Lipinski definition) is 2. The average Bonchev–Trinajstić information content (AvgIpc) is 2.76. The fourth-order valence-electron chi connectivity index (χ4n) is 2.22. The summed E-state index contributed by atoms with van der Waals surface area (Å²) in [6.07, 6.45) is 0.848. The van der Waals surface area contributed by atoms with E-state index in [0.29, 0.717) is 18.9 Å². The molecule has 20 heavy (non-hydrogen) atoms. The molecule has 2 unspecified atom stereocenters. The van der Waals surface area contributed by atoms with Crippen molar-refractivity contribution in [3.63, 3.8) is 0 Å². The number of nitrogens with one attached hydrogen (secondary N) is 1. The van der Waals surface area contributed by atoms with Crippen LogP contribution in [0.4, 0.5) is 0 Å². The maximum atomic E-state index is 11.9. The quantitative estimate of drug-likeness (QED) is 0.849. The third-order valence-corrected chi connectivity index (χ3v) is 3.84. The third-order valence-electron chi connectivity index (χ3n) is 3.84. The summed E-state index contributed by atoms with van der Waals surface area (Å²) in [4.78, 5) is 11.9. The Kier molecular flexibility index (Phi) is 4.62. The maximum absolute atomic E-state index is 11.9. The van der Waals surface area contributed by atoms with E-state index in [4.69, 9.17) is 15.2 Å².